The molecule has 1 fully saturated rings. The predicted octanol–water partition coefficient (Wildman–Crippen LogP) is 1.35. The van der Waals surface area contributed by atoms with Crippen LogP contribution in [0.4, 0.5) is 5.82 Å². The Labute approximate surface area is 99.5 Å². The summed E-state index contributed by atoms with van der Waals surface area (Å²) in [6, 6.07) is 3.18. The third-order valence-corrected chi connectivity index (χ3v) is 3.23. The van der Waals surface area contributed by atoms with Gasteiger partial charge < -0.3 is 15.5 Å². The minimum absolute atomic E-state index is 0.163. The van der Waals surface area contributed by atoms with Crippen molar-refractivity contribution in [2.45, 2.75) is 25.3 Å². The Kier molecular flexibility index (Phi) is 3.58. The zero-order valence-electron chi connectivity index (χ0n) is 9.47. The summed E-state index contributed by atoms with van der Waals surface area (Å²) in [4.78, 5) is 14.9. The highest BCUT2D eigenvalue weighted by Crippen LogP contribution is 2.27. The van der Waals surface area contributed by atoms with Crippen LogP contribution in [-0.4, -0.2) is 33.8 Å². The fourth-order valence-electron chi connectivity index (χ4n) is 2.28. The summed E-state index contributed by atoms with van der Waals surface area (Å²) in [5, 5.41) is 21.3. The number of pyridine rings is 1. The predicted molar refractivity (Wildman–Crippen MR) is 63.0 cm³/mol. The second-order valence-corrected chi connectivity index (χ2v) is 4.36. The highest BCUT2D eigenvalue weighted by atomic mass is 16.4. The van der Waals surface area contributed by atoms with E-state index in [0.29, 0.717) is 5.82 Å². The molecule has 1 saturated carbocycles. The van der Waals surface area contributed by atoms with Crippen molar-refractivity contribution in [1.29, 1.82) is 0 Å². The first-order chi connectivity index (χ1) is 8.20. The van der Waals surface area contributed by atoms with Crippen molar-refractivity contribution in [3.63, 3.8) is 0 Å². The molecule has 1 aliphatic carbocycles. The van der Waals surface area contributed by atoms with Gasteiger partial charge in [0.25, 0.3) is 0 Å². The fourth-order valence-corrected chi connectivity index (χ4v) is 2.28. The monoisotopic (exact) mass is 236 g/mol. The maximum atomic E-state index is 10.8. The minimum atomic E-state index is -0.958. The lowest BCUT2D eigenvalue weighted by atomic mass is 10.1. The van der Waals surface area contributed by atoms with E-state index in [4.69, 9.17) is 5.11 Å². The van der Waals surface area contributed by atoms with Crippen LogP contribution in [0.3, 0.4) is 0 Å². The molecule has 5 heteroatoms. The number of hydrogen-bond acceptors (Lipinski definition) is 4. The molecule has 1 heterocycles. The van der Waals surface area contributed by atoms with E-state index in [9.17, 15) is 9.90 Å². The van der Waals surface area contributed by atoms with Crippen LogP contribution in [0, 0.1) is 5.92 Å². The number of anilines is 1. The third kappa shape index (κ3) is 2.74. The number of rotatable bonds is 4. The minimum Gasteiger partial charge on any atom is -0.478 e. The van der Waals surface area contributed by atoms with Gasteiger partial charge in [-0.25, -0.2) is 9.78 Å². The van der Waals surface area contributed by atoms with E-state index in [-0.39, 0.29) is 24.1 Å². The largest absolute Gasteiger partial charge is 0.478 e. The van der Waals surface area contributed by atoms with Crippen LogP contribution >= 0.6 is 0 Å². The first-order valence-corrected chi connectivity index (χ1v) is 5.77. The van der Waals surface area contributed by atoms with Gasteiger partial charge >= 0.3 is 5.97 Å². The summed E-state index contributed by atoms with van der Waals surface area (Å²) in [6.45, 7) is 0.163. The maximum absolute atomic E-state index is 10.8. The fraction of sp³-hybridized carbons (Fsp3) is 0.500. The zero-order valence-corrected chi connectivity index (χ0v) is 9.47. The standard InChI is InChI=1S/C12H16N2O3/c15-7-9-2-1-3-10(9)14-11-6-8(12(16)17)4-5-13-11/h4-6,9-10,15H,1-3,7H2,(H,13,14)(H,16,17). The number of hydrogen-bond donors (Lipinski definition) is 3. The molecule has 1 aromatic heterocycles. The summed E-state index contributed by atoms with van der Waals surface area (Å²) in [5.74, 6) is -0.152. The number of nitrogens with zero attached hydrogens (tertiary/aromatic N) is 1. The van der Waals surface area contributed by atoms with E-state index in [2.05, 4.69) is 10.3 Å². The van der Waals surface area contributed by atoms with Gasteiger partial charge in [0, 0.05) is 24.8 Å². The first kappa shape index (κ1) is 11.9. The molecule has 2 rings (SSSR count). The molecule has 0 radical (unpaired) electrons. The second kappa shape index (κ2) is 5.14. The Morgan fingerprint density at radius 3 is 3.06 bits per heavy atom. The van der Waals surface area contributed by atoms with Crippen molar-refractivity contribution < 1.29 is 15.0 Å². The summed E-state index contributed by atoms with van der Waals surface area (Å²) >= 11 is 0. The van der Waals surface area contributed by atoms with Gasteiger partial charge in [-0.2, -0.15) is 0 Å². The summed E-state index contributed by atoms with van der Waals surface area (Å²) in [5.41, 5.74) is 0.223. The summed E-state index contributed by atoms with van der Waals surface area (Å²) in [6.07, 6.45) is 4.56. The lowest BCUT2D eigenvalue weighted by Crippen LogP contribution is -2.26. The van der Waals surface area contributed by atoms with E-state index >= 15 is 0 Å². The van der Waals surface area contributed by atoms with Gasteiger partial charge in [-0.15, -0.1) is 0 Å². The van der Waals surface area contributed by atoms with Crippen molar-refractivity contribution in [1.82, 2.24) is 4.98 Å². The van der Waals surface area contributed by atoms with E-state index < -0.39 is 5.97 Å². The maximum Gasteiger partial charge on any atom is 0.335 e. The number of aliphatic hydroxyl groups excluding tert-OH is 1. The molecule has 0 saturated heterocycles. The lowest BCUT2D eigenvalue weighted by Gasteiger charge is -2.19. The molecule has 3 N–H and O–H groups in total. The molecule has 0 spiro atoms. The lowest BCUT2D eigenvalue weighted by molar-refractivity contribution is 0.0697. The van der Waals surface area contributed by atoms with E-state index in [0.717, 1.165) is 19.3 Å². The first-order valence-electron chi connectivity index (χ1n) is 5.77. The molecule has 17 heavy (non-hydrogen) atoms. The molecule has 2 unspecified atom stereocenters. The number of carbonyl (C=O) groups is 1. The molecule has 5 nitrogen and oxygen atoms in total. The molecule has 0 aliphatic heterocycles. The number of aromatic carboxylic acids is 1. The second-order valence-electron chi connectivity index (χ2n) is 4.36. The normalized spacial score (nSPS) is 23.6. The molecule has 1 aliphatic rings. The van der Waals surface area contributed by atoms with Gasteiger partial charge in [0.05, 0.1) is 5.56 Å². The van der Waals surface area contributed by atoms with Crippen LogP contribution in [0.2, 0.25) is 0 Å². The molecule has 2 atom stereocenters. The van der Waals surface area contributed by atoms with E-state index in [1.54, 1.807) is 0 Å². The van der Waals surface area contributed by atoms with Crippen molar-refractivity contribution >= 4 is 11.8 Å². The van der Waals surface area contributed by atoms with Gasteiger partial charge in [0.2, 0.25) is 0 Å². The van der Waals surface area contributed by atoms with Gasteiger partial charge in [-0.05, 0) is 25.0 Å². The molecule has 92 valence electrons. The number of carboxylic acid groups (broad SMARTS) is 1. The SMILES string of the molecule is O=C(O)c1ccnc(NC2CCCC2CO)c1. The summed E-state index contributed by atoms with van der Waals surface area (Å²) in [7, 11) is 0. The molecular formula is C12H16N2O3. The smallest absolute Gasteiger partial charge is 0.335 e. The van der Waals surface area contributed by atoms with Crippen molar-refractivity contribution in [3.8, 4) is 0 Å². The Balaban J connectivity index is 2.07. The third-order valence-electron chi connectivity index (χ3n) is 3.23. The summed E-state index contributed by atoms with van der Waals surface area (Å²) < 4.78 is 0. The highest BCUT2D eigenvalue weighted by molar-refractivity contribution is 5.88. The van der Waals surface area contributed by atoms with Gasteiger partial charge in [-0.1, -0.05) is 6.42 Å². The van der Waals surface area contributed by atoms with E-state index in [1.165, 1.54) is 18.3 Å². The molecule has 0 bridgehead atoms. The van der Waals surface area contributed by atoms with E-state index in [1.807, 2.05) is 0 Å². The number of aliphatic hydroxyl groups is 1. The van der Waals surface area contributed by atoms with Crippen molar-refractivity contribution in [2.24, 2.45) is 5.92 Å². The molecule has 0 amide bonds. The average Bonchev–Trinajstić information content (AvgIpc) is 2.76. The molecular weight excluding hydrogens is 220 g/mol. The Morgan fingerprint density at radius 2 is 2.35 bits per heavy atom. The van der Waals surface area contributed by atoms with Crippen molar-refractivity contribution in [2.75, 3.05) is 11.9 Å². The Hall–Kier alpha value is -1.62. The van der Waals surface area contributed by atoms with Crippen LogP contribution in [0.1, 0.15) is 29.6 Å². The number of carboxylic acids is 1. The number of aromatic nitrogens is 1. The topological polar surface area (TPSA) is 82.5 Å². The van der Waals surface area contributed by atoms with Crippen LogP contribution < -0.4 is 5.32 Å². The van der Waals surface area contributed by atoms with Gasteiger partial charge in [-0.3, -0.25) is 0 Å². The highest BCUT2D eigenvalue weighted by Gasteiger charge is 2.26. The van der Waals surface area contributed by atoms with Crippen molar-refractivity contribution in [3.05, 3.63) is 23.9 Å². The van der Waals surface area contributed by atoms with Crippen LogP contribution in [0.25, 0.3) is 0 Å². The van der Waals surface area contributed by atoms with Gasteiger partial charge in [0.15, 0.2) is 0 Å². The number of nitrogens with one attached hydrogen (secondary N) is 1. The zero-order chi connectivity index (χ0) is 12.3. The van der Waals surface area contributed by atoms with Crippen LogP contribution in [-0.2, 0) is 0 Å². The Morgan fingerprint density at radius 1 is 1.53 bits per heavy atom. The van der Waals surface area contributed by atoms with Crippen LogP contribution in [0.5, 0.6) is 0 Å². The average molecular weight is 236 g/mol. The Bertz CT molecular complexity index is 408. The van der Waals surface area contributed by atoms with Gasteiger partial charge in [0.1, 0.15) is 5.82 Å². The van der Waals surface area contributed by atoms with Crippen LogP contribution in [0.15, 0.2) is 18.3 Å². The molecule has 0 aromatic carbocycles. The quantitative estimate of drug-likeness (QED) is 0.735. The molecule has 1 aromatic rings.